The molecule has 2 spiro atoms. The molecular weight excluding hydrogens is 2020 g/mol. The number of hydrogen-bond acceptors (Lipinski definition) is 20. The van der Waals surface area contributed by atoms with Gasteiger partial charge in [0.25, 0.3) is 6.04 Å². The number of hydroxylamine groups is 1. The summed E-state index contributed by atoms with van der Waals surface area (Å²) < 4.78 is 48.4. The number of fused-ring (bicyclic) bond motifs is 22. The Morgan fingerprint density at radius 1 is 0.420 bits per heavy atom. The number of nitrogens with one attached hydrogen (secondary N) is 1. The van der Waals surface area contributed by atoms with E-state index in [9.17, 15) is 24.3 Å². The number of rotatable bonds is 0. The quantitative estimate of drug-likeness (QED) is 0.0549. The van der Waals surface area contributed by atoms with Crippen molar-refractivity contribution in [2.24, 2.45) is 123 Å². The molecule has 7 fully saturated rings. The van der Waals surface area contributed by atoms with Gasteiger partial charge in [-0.15, -0.1) is 0 Å². The lowest BCUT2D eigenvalue weighted by atomic mass is 9.49. The standard InChI is InChI=1S/C17H25ClN2O2.C17H26N2O2.2C16H20ClN3O.C16H18ClN3O.C16H21ClN2O2.C15H21ClN2O.CH5NO.CH4/c1-15(2)12-6-5-11-13(19-20(4)14(11)18)16(12,3)7-8-17(15)21-9-10-22-17;1-15(2)13-6-5-12-11-19(4)18-14(12)16(13,3)7-8-17(15)20-9-10-21-17;1-15(2)11-6-5-10-12(19-20(4)14(10)17)16(11,3)7-9-8-18-21-13(9)15;2*1-15(2)11-7-6-9-12(19-20(5)14(9)17)16(11,3)8-10(18-4)13(15)21;1-15(2)11-6-5-10-12(18-19(4)14(10)17)16(11,3)7-9(8-20)13(15)21;1-14(2)10-6-5-9-12(17-18(4)13(9)16)15(10,3)8-7-11(14)19;1-2-3;/h12H,5-10H2,1-4H3;11,13H,5-10H2,1-4H3;8,11H,5-7H2,1-4H3;10-11H,6-8H2,1-3,5H3;8,11H,6-7H2,1-3,5H3;8,11,20H,5-7H2,1-4H3;10H,5-8H2,1-4H3;2-3H,1H3;1H4/b;;;;;9-8-;;;/t12-,16-;13-,16-;11-,16-;10?,11-,16-;2*11-,16-;10-,15-;;/m0000000../s1/i;;;;;;;;1T. The molecule has 14 aliphatic carbocycles. The van der Waals surface area contributed by atoms with Gasteiger partial charge >= 0.3 is 0 Å². The molecule has 35 heteroatoms. The summed E-state index contributed by atoms with van der Waals surface area (Å²) in [6.07, 6.45) is 28.3. The van der Waals surface area contributed by atoms with Crippen molar-refractivity contribution in [2.45, 2.75) is 361 Å². The first-order valence-electron chi connectivity index (χ1n) is 54.6. The highest BCUT2D eigenvalue weighted by molar-refractivity contribution is 6.32. The van der Waals surface area contributed by atoms with Gasteiger partial charge in [-0.1, -0.05) is 234 Å². The third kappa shape index (κ3) is 17.4. The molecule has 0 radical (unpaired) electrons. The Morgan fingerprint density at radius 3 is 1.19 bits per heavy atom. The number of ketones is 4. The van der Waals surface area contributed by atoms with Crippen molar-refractivity contribution in [1.82, 2.24) is 79.1 Å². The van der Waals surface area contributed by atoms with E-state index < -0.39 is 33.5 Å². The molecule has 0 aromatic carbocycles. The minimum absolute atomic E-state index is 0.000532. The Morgan fingerprint density at radius 2 is 0.767 bits per heavy atom. The lowest BCUT2D eigenvalue weighted by Gasteiger charge is -2.59. The van der Waals surface area contributed by atoms with E-state index in [2.05, 4.69) is 145 Å². The van der Waals surface area contributed by atoms with Crippen LogP contribution in [0.1, 0.15) is 341 Å². The zero-order valence-electron chi connectivity index (χ0n) is 95.0. The fraction of sp³-hybridized carbons (Fsp3) is 0.704. The summed E-state index contributed by atoms with van der Waals surface area (Å²) in [6.45, 7) is 63.3. The van der Waals surface area contributed by atoms with E-state index in [1.54, 1.807) is 24.2 Å². The molecule has 2 aliphatic heterocycles. The van der Waals surface area contributed by atoms with Crippen LogP contribution in [0.4, 0.5) is 0 Å². The number of aliphatic hydroxyl groups is 1. The smallest absolute Gasteiger partial charge is 0.282 e. The van der Waals surface area contributed by atoms with Gasteiger partial charge in [0.2, 0.25) is 11.5 Å². The molecule has 8 aromatic heterocycles. The number of halogens is 6. The minimum atomic E-state index is -0.562. The van der Waals surface area contributed by atoms with Crippen molar-refractivity contribution in [3.8, 4) is 0 Å². The summed E-state index contributed by atoms with van der Waals surface area (Å²) in [5.41, 5.74) is 17.3. The third-order valence-corrected chi connectivity index (χ3v) is 43.6. The van der Waals surface area contributed by atoms with Crippen LogP contribution in [0.3, 0.4) is 0 Å². The second kappa shape index (κ2) is 39.7. The monoisotopic (exact) mass is 2180 g/mol. The molecule has 16 aliphatic rings. The molecule has 10 heterocycles. The first-order valence-corrected chi connectivity index (χ1v) is 55.8. The Kier molecular flexibility index (Phi) is 30.0. The van der Waals surface area contributed by atoms with Crippen LogP contribution in [0, 0.1) is 87.1 Å². The second-order valence-electron chi connectivity index (χ2n) is 51.4. The molecule has 8 aromatic rings. The van der Waals surface area contributed by atoms with Crippen LogP contribution in [0.2, 0.25) is 30.9 Å². The molecule has 5 saturated carbocycles. The highest BCUT2D eigenvalue weighted by atomic mass is 35.5. The van der Waals surface area contributed by atoms with E-state index >= 15 is 0 Å². The number of aryl methyl sites for hydroxylation is 8. The van der Waals surface area contributed by atoms with Gasteiger partial charge < -0.3 is 43.4 Å². The number of nitrogens with zero attached hydrogens (tertiary/aromatic N) is 17. The van der Waals surface area contributed by atoms with Crippen LogP contribution in [-0.2, 0) is 182 Å². The zero-order valence-corrected chi connectivity index (χ0v) is 98.5. The number of carbonyl (C=O) groups excluding carboxylic acids is 4. The van der Waals surface area contributed by atoms with Crippen LogP contribution in [0.15, 0.2) is 40.5 Å². The van der Waals surface area contributed by atoms with Crippen molar-refractivity contribution < 1.29 is 54.3 Å². The summed E-state index contributed by atoms with van der Waals surface area (Å²) in [4.78, 5) is 57.0. The average Bonchev–Trinajstić information content (AvgIpc) is 1.64. The molecule has 24 rings (SSSR count). The van der Waals surface area contributed by atoms with Crippen molar-refractivity contribution in [2.75, 3.05) is 33.5 Å². The van der Waals surface area contributed by atoms with Crippen molar-refractivity contribution in [3.63, 3.8) is 0 Å². The molecule has 818 valence electrons. The van der Waals surface area contributed by atoms with Crippen LogP contribution in [-0.4, -0.2) is 158 Å². The Balaban J connectivity index is 0.000000124. The predicted molar refractivity (Wildman–Crippen MR) is 582 cm³/mol. The number of allylic oxidation sites excluding steroid dienone is 3. The molecule has 0 amide bonds. The highest BCUT2D eigenvalue weighted by Gasteiger charge is 2.69. The fourth-order valence-electron chi connectivity index (χ4n) is 33.3. The first-order chi connectivity index (χ1) is 70.4. The summed E-state index contributed by atoms with van der Waals surface area (Å²) in [6, 6.07) is -0.562. The SMILES string of the molecule is CNO.Cn1cc2c(n1)[C@@]1(C)CCC3(OCCO3)C(C)(C)[C@@H]1CC2.Cn1nc2c(c1Cl)CC[C@H]1C(C)(C)C(=O)/C(=C\O)C[C@]21C.Cn1nc2c(c1Cl)CC[C@H]1C(C)(C)C(=O)CC[C@]21C.Cn1nc2c(c1Cl)CC[C@H]1C(C)(C)C3(CC[C@]21C)OCCO3.Cn1nc2c(c1Cl)CC[C@H]1C(C)(C)c3oncc3C[C@]21C.[3H]C.[C-]#[N+]C1=C[C@]2(C)c3nn(C)c(Cl)c3CC[C@H]2C(C)(C)C1=O.[C-]#[N+]C1C[C@]2(C)c3nn(C)c(Cl)c3CC[C@H]2C(C)(C)C1=O. The number of aliphatic hydroxyl groups excluding tert-OH is 1. The number of ether oxygens (including phenoxy) is 4. The molecule has 0 bridgehead atoms. The van der Waals surface area contributed by atoms with Crippen LogP contribution >= 0.6 is 69.6 Å². The molecule has 29 nitrogen and oxygen atoms in total. The van der Waals surface area contributed by atoms with E-state index in [1.807, 2.05) is 117 Å². The van der Waals surface area contributed by atoms with Crippen molar-refractivity contribution in [3.05, 3.63) is 180 Å². The van der Waals surface area contributed by atoms with E-state index in [0.717, 1.165) is 202 Å². The van der Waals surface area contributed by atoms with E-state index in [1.165, 1.54) is 65.8 Å². The lowest BCUT2D eigenvalue weighted by Crippen LogP contribution is -2.61. The Hall–Kier alpha value is -7.88. The Bertz CT molecular complexity index is 6790. The van der Waals surface area contributed by atoms with Gasteiger partial charge in [0.1, 0.15) is 42.5 Å². The zero-order chi connectivity index (χ0) is 111. The number of hydrogen-bond donors (Lipinski definition) is 3. The number of Topliss-reactive ketones (excluding diaryl/α,β-unsaturated/α-hetero) is 4. The van der Waals surface area contributed by atoms with Crippen LogP contribution in [0.5, 0.6) is 0 Å². The van der Waals surface area contributed by atoms with Gasteiger partial charge in [-0.3, -0.25) is 47.2 Å². The summed E-state index contributed by atoms with van der Waals surface area (Å²) in [7, 11) is 16.0. The molecule has 15 atom stereocenters. The maximum absolute atomic E-state index is 12.6. The van der Waals surface area contributed by atoms with Gasteiger partial charge in [0, 0.05) is 210 Å². The van der Waals surface area contributed by atoms with E-state index in [-0.39, 0.29) is 101 Å². The first kappa shape index (κ1) is 113. The van der Waals surface area contributed by atoms with E-state index in [0.29, 0.717) is 83.0 Å². The molecule has 2 saturated heterocycles. The summed E-state index contributed by atoms with van der Waals surface area (Å²) >= 11 is 38.3. The molecular formula is C115H160Cl6N18O11. The number of carbonyl (C=O) groups is 4. The van der Waals surface area contributed by atoms with Gasteiger partial charge in [0.15, 0.2) is 23.1 Å². The topological polar surface area (TPSA) is 317 Å². The third-order valence-electron chi connectivity index (χ3n) is 40.8. The van der Waals surface area contributed by atoms with Crippen LogP contribution < -0.4 is 5.48 Å². The number of aromatic nitrogens is 15. The van der Waals surface area contributed by atoms with Gasteiger partial charge in [-0.05, 0) is 169 Å². The summed E-state index contributed by atoms with van der Waals surface area (Å²) in [5, 5.41) is 58.1. The average molecular weight is 2190 g/mol. The Labute approximate surface area is 917 Å². The molecule has 1 unspecified atom stereocenters. The largest absolute Gasteiger partial charge is 0.515 e. The van der Waals surface area contributed by atoms with Gasteiger partial charge in [-0.2, -0.15) is 35.7 Å². The normalized spacial score (nSPS) is 32.4. The summed E-state index contributed by atoms with van der Waals surface area (Å²) in [5.74, 6) is 3.24. The van der Waals surface area contributed by atoms with Gasteiger partial charge in [-0.25, -0.2) is 16.9 Å². The van der Waals surface area contributed by atoms with Gasteiger partial charge in [0.05, 0.1) is 85.3 Å². The lowest BCUT2D eigenvalue weighted by molar-refractivity contribution is -0.276. The second-order valence-corrected chi connectivity index (χ2v) is 53.5. The van der Waals surface area contributed by atoms with Crippen LogP contribution in [0.25, 0.3) is 9.69 Å². The van der Waals surface area contributed by atoms with E-state index in [4.69, 9.17) is 128 Å². The van der Waals surface area contributed by atoms with Crippen molar-refractivity contribution >= 4 is 92.7 Å². The highest BCUT2D eigenvalue weighted by Crippen LogP contribution is 2.68. The van der Waals surface area contributed by atoms with Crippen molar-refractivity contribution in [1.29, 1.82) is 0 Å². The predicted octanol–water partition coefficient (Wildman–Crippen LogP) is 23.0. The minimum Gasteiger partial charge on any atom is -0.515 e. The molecule has 150 heavy (non-hydrogen) atoms. The molecule has 3 N–H and O–H groups in total. The fourth-order valence-corrected chi connectivity index (χ4v) is 34.6. The maximum atomic E-state index is 12.6. The maximum Gasteiger partial charge on any atom is 0.282 e.